The Kier molecular flexibility index (Phi) is 4.25. The molecule has 102 valence electrons. The number of carbonyl (C=O) groups excluding carboxylic acids is 2. The third-order valence-electron chi connectivity index (χ3n) is 4.13. The molecule has 2 fully saturated rings. The van der Waals surface area contributed by atoms with Crippen LogP contribution in [-0.4, -0.2) is 35.3 Å². The first kappa shape index (κ1) is 13.4. The van der Waals surface area contributed by atoms with Gasteiger partial charge in [-0.3, -0.25) is 9.59 Å². The van der Waals surface area contributed by atoms with E-state index < -0.39 is 0 Å². The van der Waals surface area contributed by atoms with Gasteiger partial charge >= 0.3 is 0 Å². The molecule has 1 saturated carbocycles. The molecular formula is C14H24N2O2. The standard InChI is InChI=1S/C14H24N2O2/c1-10(2)13-14(18)16(9-8-12(17)15-13)11-6-4-3-5-7-11/h10-11,13H,3-9H2,1-2H3,(H,15,17). The zero-order chi connectivity index (χ0) is 13.1. The normalized spacial score (nSPS) is 27.3. The van der Waals surface area contributed by atoms with Crippen molar-refractivity contribution in [1.29, 1.82) is 0 Å². The summed E-state index contributed by atoms with van der Waals surface area (Å²) in [4.78, 5) is 26.2. The average molecular weight is 252 g/mol. The second-order valence-electron chi connectivity index (χ2n) is 5.86. The number of hydrogen-bond acceptors (Lipinski definition) is 2. The summed E-state index contributed by atoms with van der Waals surface area (Å²) in [6.07, 6.45) is 6.36. The van der Waals surface area contributed by atoms with Gasteiger partial charge in [0, 0.05) is 19.0 Å². The van der Waals surface area contributed by atoms with Gasteiger partial charge in [0.15, 0.2) is 0 Å². The lowest BCUT2D eigenvalue weighted by Gasteiger charge is -2.35. The Hall–Kier alpha value is -1.06. The zero-order valence-electron chi connectivity index (χ0n) is 11.4. The molecule has 0 radical (unpaired) electrons. The van der Waals surface area contributed by atoms with E-state index in [9.17, 15) is 9.59 Å². The van der Waals surface area contributed by atoms with E-state index in [0.29, 0.717) is 19.0 Å². The molecule has 1 N–H and O–H groups in total. The van der Waals surface area contributed by atoms with E-state index in [-0.39, 0.29) is 23.8 Å². The molecule has 1 heterocycles. The molecule has 2 amide bonds. The molecule has 1 saturated heterocycles. The van der Waals surface area contributed by atoms with E-state index in [1.807, 2.05) is 18.7 Å². The fourth-order valence-corrected chi connectivity index (χ4v) is 3.03. The van der Waals surface area contributed by atoms with Crippen LogP contribution >= 0.6 is 0 Å². The molecule has 1 aliphatic heterocycles. The lowest BCUT2D eigenvalue weighted by molar-refractivity contribution is -0.137. The van der Waals surface area contributed by atoms with Gasteiger partial charge in [-0.2, -0.15) is 0 Å². The molecule has 4 nitrogen and oxygen atoms in total. The molecule has 1 aliphatic carbocycles. The molecule has 0 aromatic carbocycles. The molecule has 4 heteroatoms. The van der Waals surface area contributed by atoms with E-state index in [0.717, 1.165) is 12.8 Å². The molecule has 0 aromatic rings. The quantitative estimate of drug-likeness (QED) is 0.813. The second-order valence-corrected chi connectivity index (χ2v) is 5.86. The Morgan fingerprint density at radius 3 is 2.44 bits per heavy atom. The molecule has 18 heavy (non-hydrogen) atoms. The third-order valence-corrected chi connectivity index (χ3v) is 4.13. The van der Waals surface area contributed by atoms with E-state index in [1.54, 1.807) is 0 Å². The topological polar surface area (TPSA) is 49.4 Å². The van der Waals surface area contributed by atoms with Gasteiger partial charge in [-0.1, -0.05) is 33.1 Å². The van der Waals surface area contributed by atoms with Crippen molar-refractivity contribution in [3.05, 3.63) is 0 Å². The highest BCUT2D eigenvalue weighted by atomic mass is 16.2. The molecule has 0 aromatic heterocycles. The van der Waals surface area contributed by atoms with Crippen molar-refractivity contribution in [2.24, 2.45) is 5.92 Å². The minimum absolute atomic E-state index is 0.0142. The van der Waals surface area contributed by atoms with Crippen LogP contribution in [0.5, 0.6) is 0 Å². The van der Waals surface area contributed by atoms with Gasteiger partial charge in [-0.15, -0.1) is 0 Å². The van der Waals surface area contributed by atoms with Crippen molar-refractivity contribution in [2.75, 3.05) is 6.54 Å². The highest BCUT2D eigenvalue weighted by Crippen LogP contribution is 2.25. The third kappa shape index (κ3) is 2.85. The minimum atomic E-state index is -0.332. The second kappa shape index (κ2) is 5.72. The number of amides is 2. The summed E-state index contributed by atoms with van der Waals surface area (Å²) in [6, 6.07) is 0.0297. The van der Waals surface area contributed by atoms with Gasteiger partial charge < -0.3 is 10.2 Å². The van der Waals surface area contributed by atoms with E-state index in [1.165, 1.54) is 19.3 Å². The van der Waals surface area contributed by atoms with Gasteiger partial charge in [0.2, 0.25) is 11.8 Å². The van der Waals surface area contributed by atoms with Crippen LogP contribution in [0.2, 0.25) is 0 Å². The number of nitrogens with zero attached hydrogens (tertiary/aromatic N) is 1. The van der Waals surface area contributed by atoms with E-state index in [2.05, 4.69) is 5.32 Å². The molecule has 0 spiro atoms. The first-order valence-electron chi connectivity index (χ1n) is 7.19. The van der Waals surface area contributed by atoms with Crippen molar-refractivity contribution in [2.45, 2.75) is 64.5 Å². The summed E-state index contributed by atoms with van der Waals surface area (Å²) in [5.74, 6) is 0.300. The van der Waals surface area contributed by atoms with Crippen LogP contribution in [0.25, 0.3) is 0 Å². The fourth-order valence-electron chi connectivity index (χ4n) is 3.03. The van der Waals surface area contributed by atoms with Crippen LogP contribution in [0.4, 0.5) is 0 Å². The Morgan fingerprint density at radius 1 is 1.17 bits per heavy atom. The first-order valence-corrected chi connectivity index (χ1v) is 7.19. The van der Waals surface area contributed by atoms with Crippen LogP contribution in [0.3, 0.4) is 0 Å². The van der Waals surface area contributed by atoms with Crippen molar-refractivity contribution in [3.63, 3.8) is 0 Å². The minimum Gasteiger partial charge on any atom is -0.344 e. The average Bonchev–Trinajstić information content (AvgIpc) is 2.50. The molecule has 0 bridgehead atoms. The lowest BCUT2D eigenvalue weighted by Crippen LogP contribution is -2.51. The summed E-state index contributed by atoms with van der Waals surface area (Å²) < 4.78 is 0. The SMILES string of the molecule is CC(C)C1NC(=O)CCN(C2CCCCC2)C1=O. The smallest absolute Gasteiger partial charge is 0.245 e. The maximum atomic E-state index is 12.5. The predicted octanol–water partition coefficient (Wildman–Crippen LogP) is 1.69. The number of hydrogen-bond donors (Lipinski definition) is 1. The Labute approximate surface area is 109 Å². The summed E-state index contributed by atoms with van der Waals surface area (Å²) in [6.45, 7) is 4.58. The number of carbonyl (C=O) groups is 2. The van der Waals surface area contributed by atoms with Crippen LogP contribution < -0.4 is 5.32 Å². The summed E-state index contributed by atoms with van der Waals surface area (Å²) in [7, 11) is 0. The Morgan fingerprint density at radius 2 is 1.83 bits per heavy atom. The summed E-state index contributed by atoms with van der Waals surface area (Å²) in [5.41, 5.74) is 0. The van der Waals surface area contributed by atoms with Gasteiger partial charge in [0.1, 0.15) is 6.04 Å². The highest BCUT2D eigenvalue weighted by Gasteiger charge is 2.35. The van der Waals surface area contributed by atoms with Crippen LogP contribution in [0.1, 0.15) is 52.4 Å². The van der Waals surface area contributed by atoms with E-state index in [4.69, 9.17) is 0 Å². The van der Waals surface area contributed by atoms with Crippen molar-refractivity contribution in [1.82, 2.24) is 10.2 Å². The number of nitrogens with one attached hydrogen (secondary N) is 1. The molecule has 1 unspecified atom stereocenters. The largest absolute Gasteiger partial charge is 0.344 e. The van der Waals surface area contributed by atoms with Gasteiger partial charge in [-0.25, -0.2) is 0 Å². The predicted molar refractivity (Wildman–Crippen MR) is 70.0 cm³/mol. The van der Waals surface area contributed by atoms with Crippen molar-refractivity contribution in [3.8, 4) is 0 Å². The molecule has 1 atom stereocenters. The van der Waals surface area contributed by atoms with Crippen LogP contribution in [0, 0.1) is 5.92 Å². The van der Waals surface area contributed by atoms with E-state index >= 15 is 0 Å². The molecular weight excluding hydrogens is 228 g/mol. The summed E-state index contributed by atoms with van der Waals surface area (Å²) in [5, 5.41) is 2.87. The van der Waals surface area contributed by atoms with Gasteiger partial charge in [0.05, 0.1) is 0 Å². The molecule has 2 rings (SSSR count). The Balaban J connectivity index is 2.12. The number of rotatable bonds is 2. The lowest BCUT2D eigenvalue weighted by atomic mass is 9.93. The zero-order valence-corrected chi connectivity index (χ0v) is 11.4. The van der Waals surface area contributed by atoms with Crippen molar-refractivity contribution < 1.29 is 9.59 Å². The summed E-state index contributed by atoms with van der Waals surface area (Å²) >= 11 is 0. The van der Waals surface area contributed by atoms with Crippen LogP contribution in [-0.2, 0) is 9.59 Å². The van der Waals surface area contributed by atoms with Crippen LogP contribution in [0.15, 0.2) is 0 Å². The highest BCUT2D eigenvalue weighted by molar-refractivity contribution is 5.90. The fraction of sp³-hybridized carbons (Fsp3) is 0.857. The Bertz CT molecular complexity index is 322. The monoisotopic (exact) mass is 252 g/mol. The van der Waals surface area contributed by atoms with Crippen molar-refractivity contribution >= 4 is 11.8 Å². The van der Waals surface area contributed by atoms with Gasteiger partial charge in [0.25, 0.3) is 0 Å². The van der Waals surface area contributed by atoms with Gasteiger partial charge in [-0.05, 0) is 18.8 Å². The maximum absolute atomic E-state index is 12.5. The first-order chi connectivity index (χ1) is 8.59. The maximum Gasteiger partial charge on any atom is 0.245 e. The molecule has 2 aliphatic rings.